The summed E-state index contributed by atoms with van der Waals surface area (Å²) in [6.07, 6.45) is 2.46. The van der Waals surface area contributed by atoms with Gasteiger partial charge in [-0.3, -0.25) is 0 Å². The molecule has 0 aliphatic rings. The number of rotatable bonds is 5. The monoisotopic (exact) mass is 247 g/mol. The second-order valence-electron chi connectivity index (χ2n) is 3.63. The Labute approximate surface area is 95.0 Å². The predicted octanol–water partition coefficient (Wildman–Crippen LogP) is -0.186. The van der Waals surface area contributed by atoms with E-state index < -0.39 is 9.84 Å². The highest BCUT2D eigenvalue weighted by molar-refractivity contribution is 7.91. The van der Waals surface area contributed by atoms with Crippen LogP contribution < -0.4 is 5.73 Å². The van der Waals surface area contributed by atoms with Gasteiger partial charge in [0, 0.05) is 6.26 Å². The van der Waals surface area contributed by atoms with Gasteiger partial charge in [-0.25, -0.2) is 13.1 Å². The van der Waals surface area contributed by atoms with Crippen LogP contribution in [0.3, 0.4) is 0 Å². The molecule has 0 saturated carbocycles. The third-order valence-electron chi connectivity index (χ3n) is 2.18. The minimum atomic E-state index is -3.37. The molecule has 6 nitrogen and oxygen atoms in total. The van der Waals surface area contributed by atoms with Crippen LogP contribution in [0.25, 0.3) is 0 Å². The standard InChI is InChI=1S/C9H17N3O3S/c1-3-4-7-8(16(2,14)15)9(10)12(11-7)5-6-13/h13H,3-6,10H2,1-2H3. The van der Waals surface area contributed by atoms with Crippen LogP contribution in [0.2, 0.25) is 0 Å². The minimum absolute atomic E-state index is 0.0998. The van der Waals surface area contributed by atoms with Crippen LogP contribution in [0.15, 0.2) is 4.90 Å². The number of hydrogen-bond donors (Lipinski definition) is 2. The SMILES string of the molecule is CCCc1nn(CCO)c(N)c1S(C)(=O)=O. The normalized spacial score (nSPS) is 11.9. The lowest BCUT2D eigenvalue weighted by molar-refractivity contribution is 0.270. The van der Waals surface area contributed by atoms with E-state index in [4.69, 9.17) is 10.8 Å². The van der Waals surface area contributed by atoms with Gasteiger partial charge in [0.1, 0.15) is 10.7 Å². The van der Waals surface area contributed by atoms with Crippen molar-refractivity contribution in [2.75, 3.05) is 18.6 Å². The number of aromatic nitrogens is 2. The number of nitrogens with two attached hydrogens (primary N) is 1. The van der Waals surface area contributed by atoms with Crippen molar-refractivity contribution in [3.05, 3.63) is 5.69 Å². The summed E-state index contributed by atoms with van der Waals surface area (Å²) in [5.41, 5.74) is 6.20. The zero-order valence-corrected chi connectivity index (χ0v) is 10.3. The Hall–Kier alpha value is -1.08. The summed E-state index contributed by atoms with van der Waals surface area (Å²) < 4.78 is 24.5. The number of aryl methyl sites for hydroxylation is 1. The van der Waals surface area contributed by atoms with Crippen molar-refractivity contribution in [2.24, 2.45) is 0 Å². The smallest absolute Gasteiger partial charge is 0.181 e. The molecule has 0 bridgehead atoms. The van der Waals surface area contributed by atoms with E-state index in [1.165, 1.54) is 4.68 Å². The number of aliphatic hydroxyl groups excluding tert-OH is 1. The van der Waals surface area contributed by atoms with E-state index in [1.54, 1.807) is 0 Å². The molecule has 0 aliphatic heterocycles. The molecule has 7 heteroatoms. The molecular weight excluding hydrogens is 230 g/mol. The fourth-order valence-electron chi connectivity index (χ4n) is 1.58. The molecule has 0 fully saturated rings. The van der Waals surface area contributed by atoms with Gasteiger partial charge in [-0.2, -0.15) is 5.10 Å². The zero-order chi connectivity index (χ0) is 12.3. The van der Waals surface area contributed by atoms with E-state index in [1.807, 2.05) is 6.92 Å². The molecule has 0 atom stereocenters. The zero-order valence-electron chi connectivity index (χ0n) is 9.47. The molecule has 3 N–H and O–H groups in total. The summed E-state index contributed by atoms with van der Waals surface area (Å²) in [7, 11) is -3.37. The maximum Gasteiger partial charge on any atom is 0.181 e. The summed E-state index contributed by atoms with van der Waals surface area (Å²) in [6.45, 7) is 2.02. The number of sulfone groups is 1. The fraction of sp³-hybridized carbons (Fsp3) is 0.667. The highest BCUT2D eigenvalue weighted by Gasteiger charge is 2.22. The Morgan fingerprint density at radius 2 is 2.12 bits per heavy atom. The number of aliphatic hydroxyl groups is 1. The van der Waals surface area contributed by atoms with Gasteiger partial charge >= 0.3 is 0 Å². The Bertz CT molecular complexity index is 465. The molecule has 0 spiro atoms. The number of anilines is 1. The molecule has 0 aliphatic carbocycles. The van der Waals surface area contributed by atoms with E-state index in [0.29, 0.717) is 12.1 Å². The summed E-state index contributed by atoms with van der Waals surface area (Å²) in [5, 5.41) is 12.9. The first-order chi connectivity index (χ1) is 7.41. The maximum atomic E-state index is 11.6. The fourth-order valence-corrected chi connectivity index (χ4v) is 2.64. The van der Waals surface area contributed by atoms with Crippen LogP contribution in [0, 0.1) is 0 Å². The van der Waals surface area contributed by atoms with Crippen molar-refractivity contribution < 1.29 is 13.5 Å². The first kappa shape index (κ1) is 13.0. The molecule has 1 heterocycles. The molecule has 0 radical (unpaired) electrons. The molecule has 0 saturated heterocycles. The van der Waals surface area contributed by atoms with Gasteiger partial charge < -0.3 is 10.8 Å². The first-order valence-corrected chi connectivity index (χ1v) is 6.97. The van der Waals surface area contributed by atoms with Crippen molar-refractivity contribution >= 4 is 15.7 Å². The lowest BCUT2D eigenvalue weighted by Crippen LogP contribution is -2.09. The van der Waals surface area contributed by atoms with E-state index in [0.717, 1.165) is 12.7 Å². The van der Waals surface area contributed by atoms with Gasteiger partial charge in [0.15, 0.2) is 9.84 Å². The number of nitrogen functional groups attached to an aromatic ring is 1. The molecule has 1 aromatic heterocycles. The molecule has 92 valence electrons. The van der Waals surface area contributed by atoms with Crippen molar-refractivity contribution in [2.45, 2.75) is 31.2 Å². The molecule has 1 aromatic rings. The Morgan fingerprint density at radius 1 is 1.50 bits per heavy atom. The summed E-state index contributed by atoms with van der Waals surface area (Å²) in [5.74, 6) is 0.111. The quantitative estimate of drug-likeness (QED) is 0.751. The van der Waals surface area contributed by atoms with Gasteiger partial charge in [-0.15, -0.1) is 0 Å². The Morgan fingerprint density at radius 3 is 2.56 bits per heavy atom. The molecule has 0 aromatic carbocycles. The molecule has 0 unspecified atom stereocenters. The van der Waals surface area contributed by atoms with Crippen LogP contribution in [0.1, 0.15) is 19.0 Å². The van der Waals surface area contributed by atoms with Crippen molar-refractivity contribution in [1.82, 2.24) is 9.78 Å². The van der Waals surface area contributed by atoms with Crippen molar-refractivity contribution in [1.29, 1.82) is 0 Å². The molecule has 0 amide bonds. The second-order valence-corrected chi connectivity index (χ2v) is 5.58. The summed E-state index contributed by atoms with van der Waals surface area (Å²) >= 11 is 0. The maximum absolute atomic E-state index is 11.6. The largest absolute Gasteiger partial charge is 0.394 e. The van der Waals surface area contributed by atoms with Crippen molar-refractivity contribution in [3.63, 3.8) is 0 Å². The summed E-state index contributed by atoms with van der Waals surface area (Å²) in [6, 6.07) is 0. The van der Waals surface area contributed by atoms with E-state index >= 15 is 0 Å². The van der Waals surface area contributed by atoms with E-state index in [2.05, 4.69) is 5.10 Å². The minimum Gasteiger partial charge on any atom is -0.394 e. The highest BCUT2D eigenvalue weighted by Crippen LogP contribution is 2.23. The number of hydrogen-bond acceptors (Lipinski definition) is 5. The molecule has 1 rings (SSSR count). The molecular formula is C9H17N3O3S. The van der Waals surface area contributed by atoms with E-state index in [-0.39, 0.29) is 23.9 Å². The van der Waals surface area contributed by atoms with Gasteiger partial charge in [0.2, 0.25) is 0 Å². The first-order valence-electron chi connectivity index (χ1n) is 5.07. The van der Waals surface area contributed by atoms with Crippen LogP contribution >= 0.6 is 0 Å². The lowest BCUT2D eigenvalue weighted by atomic mass is 10.2. The van der Waals surface area contributed by atoms with Gasteiger partial charge in [-0.05, 0) is 6.42 Å². The van der Waals surface area contributed by atoms with Gasteiger partial charge in [0.25, 0.3) is 0 Å². The average molecular weight is 247 g/mol. The predicted molar refractivity (Wildman–Crippen MR) is 60.8 cm³/mol. The second kappa shape index (κ2) is 4.84. The van der Waals surface area contributed by atoms with Crippen LogP contribution in [0.4, 0.5) is 5.82 Å². The van der Waals surface area contributed by atoms with Gasteiger partial charge in [0.05, 0.1) is 18.8 Å². The topological polar surface area (TPSA) is 98.2 Å². The van der Waals surface area contributed by atoms with Crippen molar-refractivity contribution in [3.8, 4) is 0 Å². The van der Waals surface area contributed by atoms with Crippen LogP contribution in [-0.4, -0.2) is 36.2 Å². The average Bonchev–Trinajstić information content (AvgIpc) is 2.43. The summed E-state index contributed by atoms with van der Waals surface area (Å²) in [4.78, 5) is 0.0998. The molecule has 16 heavy (non-hydrogen) atoms. The van der Waals surface area contributed by atoms with Crippen LogP contribution in [0.5, 0.6) is 0 Å². The highest BCUT2D eigenvalue weighted by atomic mass is 32.2. The Kier molecular flexibility index (Phi) is 3.93. The van der Waals surface area contributed by atoms with E-state index in [9.17, 15) is 8.42 Å². The Balaban J connectivity index is 3.32. The number of nitrogens with zero attached hydrogens (tertiary/aromatic N) is 2. The third-order valence-corrected chi connectivity index (χ3v) is 3.37. The lowest BCUT2D eigenvalue weighted by Gasteiger charge is -2.01. The van der Waals surface area contributed by atoms with Gasteiger partial charge in [-0.1, -0.05) is 13.3 Å². The van der Waals surface area contributed by atoms with Crippen LogP contribution in [-0.2, 0) is 22.8 Å². The third kappa shape index (κ3) is 2.53.